The minimum absolute atomic E-state index is 0.201. The maximum absolute atomic E-state index is 12.5. The van der Waals surface area contributed by atoms with Gasteiger partial charge in [0, 0.05) is 33.2 Å². The number of hydrogen-bond acceptors (Lipinski definition) is 5. The summed E-state index contributed by atoms with van der Waals surface area (Å²) in [4.78, 5) is 0.247. The van der Waals surface area contributed by atoms with Gasteiger partial charge in [-0.1, -0.05) is 12.1 Å². The smallest absolute Gasteiger partial charge is 0.242 e. The topological polar surface area (TPSA) is 76.7 Å². The van der Waals surface area contributed by atoms with Crippen LogP contribution in [-0.4, -0.2) is 47.4 Å². The van der Waals surface area contributed by atoms with Crippen LogP contribution in [0.1, 0.15) is 13.3 Å². The first-order chi connectivity index (χ1) is 10.0. The summed E-state index contributed by atoms with van der Waals surface area (Å²) in [5.41, 5.74) is 0.0295. The van der Waals surface area contributed by atoms with Crippen LogP contribution < -0.4 is 10.0 Å². The summed E-state index contributed by atoms with van der Waals surface area (Å²) in [5.74, 6) is 0. The highest BCUT2D eigenvalue weighted by molar-refractivity contribution is 7.89. The fourth-order valence-corrected chi connectivity index (χ4v) is 3.60. The molecule has 1 aliphatic rings. The number of rotatable bonds is 7. The molecule has 2 rings (SSSR count). The van der Waals surface area contributed by atoms with Crippen LogP contribution in [-0.2, 0) is 19.5 Å². The highest BCUT2D eigenvalue weighted by Crippen LogP contribution is 2.24. The summed E-state index contributed by atoms with van der Waals surface area (Å²) in [7, 11) is -2.02. The molecule has 1 aromatic carbocycles. The average molecular weight is 314 g/mol. The molecule has 0 amide bonds. The lowest BCUT2D eigenvalue weighted by molar-refractivity contribution is -0.0120. The number of sulfonamides is 1. The van der Waals surface area contributed by atoms with E-state index in [-0.39, 0.29) is 11.4 Å². The molecular weight excluding hydrogens is 292 g/mol. The monoisotopic (exact) mass is 314 g/mol. The van der Waals surface area contributed by atoms with Crippen LogP contribution in [0.15, 0.2) is 29.2 Å². The Morgan fingerprint density at radius 1 is 1.38 bits per heavy atom. The molecule has 21 heavy (non-hydrogen) atoms. The third-order valence-electron chi connectivity index (χ3n) is 3.63. The zero-order valence-corrected chi connectivity index (χ0v) is 13.2. The van der Waals surface area contributed by atoms with Crippen molar-refractivity contribution in [3.63, 3.8) is 0 Å². The van der Waals surface area contributed by atoms with E-state index in [0.29, 0.717) is 31.9 Å². The first kappa shape index (κ1) is 16.2. The van der Waals surface area contributed by atoms with Crippen molar-refractivity contribution in [2.24, 2.45) is 0 Å². The zero-order chi connectivity index (χ0) is 15.3. The summed E-state index contributed by atoms with van der Waals surface area (Å²) < 4.78 is 38.4. The second-order valence-electron chi connectivity index (χ2n) is 5.04. The Bertz CT molecular complexity index is 568. The third-order valence-corrected chi connectivity index (χ3v) is 5.09. The predicted octanol–water partition coefficient (Wildman–Crippen LogP) is 1.20. The van der Waals surface area contributed by atoms with Gasteiger partial charge in [0.2, 0.25) is 10.0 Å². The van der Waals surface area contributed by atoms with Gasteiger partial charge >= 0.3 is 0 Å². The number of para-hydroxylation sites is 1. The van der Waals surface area contributed by atoms with E-state index in [1.54, 1.807) is 31.4 Å². The number of hydrogen-bond donors (Lipinski definition) is 2. The number of ether oxygens (including phenoxy) is 2. The van der Waals surface area contributed by atoms with Crippen molar-refractivity contribution in [2.45, 2.75) is 23.8 Å². The Labute approximate surface area is 125 Å². The lowest BCUT2D eigenvalue weighted by Crippen LogP contribution is -2.45. The van der Waals surface area contributed by atoms with E-state index in [9.17, 15) is 8.42 Å². The van der Waals surface area contributed by atoms with Crippen LogP contribution in [0.25, 0.3) is 0 Å². The van der Waals surface area contributed by atoms with E-state index in [2.05, 4.69) is 10.0 Å². The van der Waals surface area contributed by atoms with Gasteiger partial charge in [0.05, 0.1) is 12.3 Å². The molecule has 1 aliphatic heterocycles. The molecule has 1 saturated heterocycles. The Morgan fingerprint density at radius 3 is 2.76 bits per heavy atom. The van der Waals surface area contributed by atoms with E-state index in [4.69, 9.17) is 9.47 Å². The van der Waals surface area contributed by atoms with Crippen LogP contribution in [0.3, 0.4) is 0 Å². The van der Waals surface area contributed by atoms with Gasteiger partial charge in [-0.15, -0.1) is 0 Å². The van der Waals surface area contributed by atoms with Crippen LogP contribution in [0.5, 0.6) is 0 Å². The second-order valence-corrected chi connectivity index (χ2v) is 6.78. The van der Waals surface area contributed by atoms with Crippen molar-refractivity contribution in [1.29, 1.82) is 0 Å². The first-order valence-corrected chi connectivity index (χ1v) is 8.47. The molecule has 1 heterocycles. The molecule has 0 radical (unpaired) electrons. The molecule has 1 unspecified atom stereocenters. The van der Waals surface area contributed by atoms with Crippen molar-refractivity contribution < 1.29 is 17.9 Å². The molecule has 6 nitrogen and oxygen atoms in total. The van der Waals surface area contributed by atoms with E-state index < -0.39 is 15.6 Å². The summed E-state index contributed by atoms with van der Waals surface area (Å²) in [6.45, 7) is 3.77. The molecule has 118 valence electrons. The molecular formula is C14H22N2O4S. The normalized spacial score (nSPS) is 22.4. The van der Waals surface area contributed by atoms with Gasteiger partial charge in [-0.05, 0) is 19.1 Å². The lowest BCUT2D eigenvalue weighted by Gasteiger charge is -2.26. The molecule has 1 aromatic rings. The number of methoxy groups -OCH3 is 1. The SMILES string of the molecule is CCNc1ccccc1S(=O)(=O)NCC1(OC)CCOC1. The van der Waals surface area contributed by atoms with Crippen molar-refractivity contribution in [3.8, 4) is 0 Å². The second kappa shape index (κ2) is 6.74. The molecule has 0 aromatic heterocycles. The largest absolute Gasteiger partial charge is 0.384 e. The van der Waals surface area contributed by atoms with Gasteiger partial charge in [-0.25, -0.2) is 13.1 Å². The van der Waals surface area contributed by atoms with Gasteiger partial charge in [-0.3, -0.25) is 0 Å². The van der Waals surface area contributed by atoms with Crippen LogP contribution in [0.2, 0.25) is 0 Å². The van der Waals surface area contributed by atoms with Gasteiger partial charge in [-0.2, -0.15) is 0 Å². The van der Waals surface area contributed by atoms with E-state index >= 15 is 0 Å². The molecule has 2 N–H and O–H groups in total. The van der Waals surface area contributed by atoms with Crippen molar-refractivity contribution >= 4 is 15.7 Å². The van der Waals surface area contributed by atoms with Gasteiger partial charge in [0.1, 0.15) is 10.5 Å². The molecule has 0 spiro atoms. The average Bonchev–Trinajstić information content (AvgIpc) is 2.96. The Kier molecular flexibility index (Phi) is 5.21. The zero-order valence-electron chi connectivity index (χ0n) is 12.4. The Hall–Kier alpha value is -1.15. The third kappa shape index (κ3) is 3.74. The van der Waals surface area contributed by atoms with E-state index in [0.717, 1.165) is 0 Å². The van der Waals surface area contributed by atoms with E-state index in [1.807, 2.05) is 6.92 Å². The highest BCUT2D eigenvalue weighted by atomic mass is 32.2. The van der Waals surface area contributed by atoms with Gasteiger partial charge < -0.3 is 14.8 Å². The fourth-order valence-electron chi connectivity index (χ4n) is 2.30. The van der Waals surface area contributed by atoms with E-state index in [1.165, 1.54) is 0 Å². The summed E-state index contributed by atoms with van der Waals surface area (Å²) in [6.07, 6.45) is 0.681. The fraction of sp³-hybridized carbons (Fsp3) is 0.571. The Morgan fingerprint density at radius 2 is 2.14 bits per heavy atom. The maximum atomic E-state index is 12.5. The molecule has 0 aliphatic carbocycles. The van der Waals surface area contributed by atoms with Gasteiger partial charge in [0.25, 0.3) is 0 Å². The van der Waals surface area contributed by atoms with Crippen molar-refractivity contribution in [2.75, 3.05) is 38.7 Å². The molecule has 0 saturated carbocycles. The standard InChI is InChI=1S/C14H22N2O4S/c1-3-15-12-6-4-5-7-13(12)21(17,18)16-10-14(19-2)8-9-20-11-14/h4-7,15-16H,3,8-11H2,1-2H3. The number of nitrogens with one attached hydrogen (secondary N) is 2. The van der Waals surface area contributed by atoms with Crippen LogP contribution >= 0.6 is 0 Å². The highest BCUT2D eigenvalue weighted by Gasteiger charge is 2.36. The molecule has 7 heteroatoms. The molecule has 1 fully saturated rings. The molecule has 1 atom stereocenters. The van der Waals surface area contributed by atoms with Crippen molar-refractivity contribution in [3.05, 3.63) is 24.3 Å². The van der Waals surface area contributed by atoms with Crippen LogP contribution in [0.4, 0.5) is 5.69 Å². The van der Waals surface area contributed by atoms with Gasteiger partial charge in [0.15, 0.2) is 0 Å². The molecule has 0 bridgehead atoms. The number of anilines is 1. The van der Waals surface area contributed by atoms with Crippen LogP contribution in [0, 0.1) is 0 Å². The predicted molar refractivity (Wildman–Crippen MR) is 81.0 cm³/mol. The quantitative estimate of drug-likeness (QED) is 0.791. The summed E-state index contributed by atoms with van der Waals surface area (Å²) >= 11 is 0. The summed E-state index contributed by atoms with van der Waals surface area (Å²) in [5, 5.41) is 3.06. The maximum Gasteiger partial charge on any atom is 0.242 e. The lowest BCUT2D eigenvalue weighted by atomic mass is 10.0. The van der Waals surface area contributed by atoms with Crippen molar-refractivity contribution in [1.82, 2.24) is 4.72 Å². The number of benzene rings is 1. The Balaban J connectivity index is 2.15. The first-order valence-electron chi connectivity index (χ1n) is 6.98. The summed E-state index contributed by atoms with van der Waals surface area (Å²) in [6, 6.07) is 6.85. The minimum Gasteiger partial charge on any atom is -0.384 e. The minimum atomic E-state index is -3.60.